The molecule has 10 heteroatoms. The van der Waals surface area contributed by atoms with E-state index in [2.05, 4.69) is 5.32 Å². The summed E-state index contributed by atoms with van der Waals surface area (Å²) in [5.41, 5.74) is 1.25. The number of benzene rings is 2. The minimum atomic E-state index is -3.88. The summed E-state index contributed by atoms with van der Waals surface area (Å²) >= 11 is 0. The van der Waals surface area contributed by atoms with Gasteiger partial charge in [0.2, 0.25) is 21.8 Å². The summed E-state index contributed by atoms with van der Waals surface area (Å²) in [6, 6.07) is 12.4. The zero-order valence-corrected chi connectivity index (χ0v) is 21.6. The highest BCUT2D eigenvalue weighted by Gasteiger charge is 2.31. The summed E-state index contributed by atoms with van der Waals surface area (Å²) < 4.78 is 31.5. The molecular weight excluding hydrogens is 470 g/mol. The Hall–Kier alpha value is -3.40. The van der Waals surface area contributed by atoms with Crippen molar-refractivity contribution in [3.8, 4) is 5.75 Å². The number of nitrogens with one attached hydrogen (secondary N) is 1. The lowest BCUT2D eigenvalue weighted by atomic mass is 10.1. The normalized spacial score (nSPS) is 11.9. The van der Waals surface area contributed by atoms with E-state index < -0.39 is 28.5 Å². The highest BCUT2D eigenvalue weighted by Crippen LogP contribution is 2.22. The minimum Gasteiger partial charge on any atom is -0.497 e. The van der Waals surface area contributed by atoms with E-state index in [1.54, 1.807) is 50.2 Å². The highest BCUT2D eigenvalue weighted by molar-refractivity contribution is 7.92. The monoisotopic (exact) mass is 503 g/mol. The number of sulfonamides is 1. The molecule has 1 N–H and O–H groups in total. The van der Waals surface area contributed by atoms with Crippen molar-refractivity contribution in [3.05, 3.63) is 59.7 Å². The number of ketones is 1. The van der Waals surface area contributed by atoms with Crippen molar-refractivity contribution in [2.24, 2.45) is 0 Å². The van der Waals surface area contributed by atoms with Gasteiger partial charge in [0, 0.05) is 18.7 Å². The van der Waals surface area contributed by atoms with Crippen molar-refractivity contribution in [3.63, 3.8) is 0 Å². The van der Waals surface area contributed by atoms with Crippen LogP contribution in [0.2, 0.25) is 0 Å². The standard InChI is InChI=1S/C25H33N3O6S/c1-6-23(25(31)26-7-2)27(16-19-10-8-13-22(14-19)34-4)24(30)17-28(35(5,32)33)21-12-9-11-20(15-21)18(3)29/h8-15,23H,6-7,16-17H2,1-5H3,(H,26,31)/t23-/m0/s1. The van der Waals surface area contributed by atoms with E-state index >= 15 is 0 Å². The van der Waals surface area contributed by atoms with E-state index in [1.165, 1.54) is 31.1 Å². The van der Waals surface area contributed by atoms with Crippen LogP contribution in [0, 0.1) is 0 Å². The van der Waals surface area contributed by atoms with E-state index in [-0.39, 0.29) is 23.9 Å². The van der Waals surface area contributed by atoms with Gasteiger partial charge in [0.25, 0.3) is 0 Å². The molecule has 0 fully saturated rings. The van der Waals surface area contributed by atoms with Gasteiger partial charge in [-0.3, -0.25) is 18.7 Å². The first-order valence-corrected chi connectivity index (χ1v) is 13.1. The molecule has 0 aliphatic rings. The maximum absolute atomic E-state index is 13.6. The number of nitrogens with zero attached hydrogens (tertiary/aromatic N) is 2. The third-order valence-corrected chi connectivity index (χ3v) is 6.58. The first kappa shape index (κ1) is 27.8. The summed E-state index contributed by atoms with van der Waals surface area (Å²) in [7, 11) is -2.35. The SMILES string of the molecule is CCNC(=O)[C@H](CC)N(Cc1cccc(OC)c1)C(=O)CN(c1cccc(C(C)=O)c1)S(C)(=O)=O. The molecule has 0 radical (unpaired) electrons. The Morgan fingerprint density at radius 3 is 2.31 bits per heavy atom. The minimum absolute atomic E-state index is 0.0801. The van der Waals surface area contributed by atoms with Gasteiger partial charge in [0.15, 0.2) is 5.78 Å². The zero-order valence-electron chi connectivity index (χ0n) is 20.8. The summed E-state index contributed by atoms with van der Waals surface area (Å²) in [5, 5.41) is 2.75. The van der Waals surface area contributed by atoms with Gasteiger partial charge >= 0.3 is 0 Å². The van der Waals surface area contributed by atoms with Crippen molar-refractivity contribution in [2.75, 3.05) is 30.8 Å². The average Bonchev–Trinajstić information content (AvgIpc) is 2.81. The number of rotatable bonds is 12. The molecule has 0 bridgehead atoms. The number of anilines is 1. The van der Waals surface area contributed by atoms with Crippen LogP contribution < -0.4 is 14.4 Å². The molecule has 2 aromatic carbocycles. The lowest BCUT2D eigenvalue weighted by Gasteiger charge is -2.33. The highest BCUT2D eigenvalue weighted by atomic mass is 32.2. The second kappa shape index (κ2) is 12.3. The zero-order chi connectivity index (χ0) is 26.2. The molecule has 35 heavy (non-hydrogen) atoms. The van der Waals surface area contributed by atoms with Crippen LogP contribution in [0.1, 0.15) is 43.1 Å². The molecule has 0 aromatic heterocycles. The Bertz CT molecular complexity index is 1170. The van der Waals surface area contributed by atoms with Gasteiger partial charge in [-0.1, -0.05) is 31.2 Å². The largest absolute Gasteiger partial charge is 0.497 e. The van der Waals surface area contributed by atoms with Gasteiger partial charge in [0.05, 0.1) is 19.1 Å². The van der Waals surface area contributed by atoms with Crippen LogP contribution in [-0.4, -0.2) is 63.4 Å². The topological polar surface area (TPSA) is 113 Å². The fourth-order valence-corrected chi connectivity index (χ4v) is 4.51. The van der Waals surface area contributed by atoms with Crippen LogP contribution >= 0.6 is 0 Å². The van der Waals surface area contributed by atoms with Crippen LogP contribution in [0.25, 0.3) is 0 Å². The Morgan fingerprint density at radius 1 is 1.06 bits per heavy atom. The average molecular weight is 504 g/mol. The Morgan fingerprint density at radius 2 is 1.74 bits per heavy atom. The molecule has 2 amide bonds. The molecule has 0 aliphatic heterocycles. The van der Waals surface area contributed by atoms with Crippen LogP contribution in [-0.2, 0) is 26.2 Å². The molecule has 0 spiro atoms. The number of carbonyl (C=O) groups excluding carboxylic acids is 3. The molecule has 9 nitrogen and oxygen atoms in total. The third kappa shape index (κ3) is 7.54. The molecule has 0 aliphatic carbocycles. The number of likely N-dealkylation sites (N-methyl/N-ethyl adjacent to an activating group) is 1. The van der Waals surface area contributed by atoms with E-state index in [1.807, 2.05) is 0 Å². The van der Waals surface area contributed by atoms with Crippen molar-refractivity contribution in [1.82, 2.24) is 10.2 Å². The number of hydrogen-bond acceptors (Lipinski definition) is 6. The van der Waals surface area contributed by atoms with Crippen LogP contribution in [0.4, 0.5) is 5.69 Å². The van der Waals surface area contributed by atoms with Crippen LogP contribution in [0.5, 0.6) is 5.75 Å². The molecule has 1 atom stereocenters. The second-order valence-electron chi connectivity index (χ2n) is 8.07. The second-order valence-corrected chi connectivity index (χ2v) is 9.97. The van der Waals surface area contributed by atoms with Crippen LogP contribution in [0.3, 0.4) is 0 Å². The van der Waals surface area contributed by atoms with Gasteiger partial charge in [0.1, 0.15) is 18.3 Å². The first-order valence-electron chi connectivity index (χ1n) is 11.3. The summed E-state index contributed by atoms with van der Waals surface area (Å²) in [4.78, 5) is 39.6. The molecule has 0 heterocycles. The quantitative estimate of drug-likeness (QED) is 0.446. The van der Waals surface area contributed by atoms with Gasteiger partial charge < -0.3 is 15.0 Å². The van der Waals surface area contributed by atoms with Gasteiger partial charge in [-0.15, -0.1) is 0 Å². The van der Waals surface area contributed by atoms with Crippen LogP contribution in [0.15, 0.2) is 48.5 Å². The summed E-state index contributed by atoms with van der Waals surface area (Å²) in [6.45, 7) is 4.90. The maximum Gasteiger partial charge on any atom is 0.244 e. The Kier molecular flexibility index (Phi) is 9.82. The fourth-order valence-electron chi connectivity index (χ4n) is 3.67. The maximum atomic E-state index is 13.6. The van der Waals surface area contributed by atoms with E-state index in [9.17, 15) is 22.8 Å². The van der Waals surface area contributed by atoms with Crippen molar-refractivity contribution >= 4 is 33.3 Å². The lowest BCUT2D eigenvalue weighted by molar-refractivity contribution is -0.140. The summed E-state index contributed by atoms with van der Waals surface area (Å²) in [5.74, 6) is -0.506. The lowest BCUT2D eigenvalue weighted by Crippen LogP contribution is -2.52. The Labute approximate surface area is 207 Å². The first-order chi connectivity index (χ1) is 16.5. The molecular formula is C25H33N3O6S. The fraction of sp³-hybridized carbons (Fsp3) is 0.400. The predicted octanol–water partition coefficient (Wildman–Crippen LogP) is 2.61. The molecule has 2 rings (SSSR count). The molecule has 0 unspecified atom stereocenters. The van der Waals surface area contributed by atoms with Gasteiger partial charge in [-0.05, 0) is 50.1 Å². The third-order valence-electron chi connectivity index (χ3n) is 5.44. The van der Waals surface area contributed by atoms with E-state index in [4.69, 9.17) is 4.74 Å². The number of carbonyl (C=O) groups is 3. The van der Waals surface area contributed by atoms with Gasteiger partial charge in [-0.2, -0.15) is 0 Å². The number of hydrogen-bond donors (Lipinski definition) is 1. The number of amides is 2. The van der Waals surface area contributed by atoms with Crippen molar-refractivity contribution in [1.29, 1.82) is 0 Å². The molecule has 0 saturated carbocycles. The predicted molar refractivity (Wildman–Crippen MR) is 135 cm³/mol. The van der Waals surface area contributed by atoms with Crippen molar-refractivity contribution in [2.45, 2.75) is 39.8 Å². The number of methoxy groups -OCH3 is 1. The van der Waals surface area contributed by atoms with Crippen molar-refractivity contribution < 1.29 is 27.5 Å². The van der Waals surface area contributed by atoms with E-state index in [0.29, 0.717) is 24.3 Å². The number of ether oxygens (including phenoxy) is 1. The number of Topliss-reactive ketones (excluding diaryl/α,β-unsaturated/α-hetero) is 1. The smallest absolute Gasteiger partial charge is 0.244 e. The summed E-state index contributed by atoms with van der Waals surface area (Å²) in [6.07, 6.45) is 1.33. The van der Waals surface area contributed by atoms with Gasteiger partial charge in [-0.25, -0.2) is 8.42 Å². The Balaban J connectivity index is 2.48. The van der Waals surface area contributed by atoms with E-state index in [0.717, 1.165) is 16.1 Å². The molecule has 0 saturated heterocycles. The molecule has 2 aromatic rings. The molecule has 190 valence electrons.